The van der Waals surface area contributed by atoms with E-state index in [4.69, 9.17) is 4.74 Å². The fraction of sp³-hybridized carbons (Fsp3) is 0.286. The number of carbonyl (C=O) groups is 1. The zero-order valence-electron chi connectivity index (χ0n) is 10.2. The number of aromatic amines is 1. The summed E-state index contributed by atoms with van der Waals surface area (Å²) >= 11 is 0. The molecular weight excluding hydrogens is 228 g/mol. The molecule has 0 aliphatic carbocycles. The van der Waals surface area contributed by atoms with Gasteiger partial charge in [-0.25, -0.2) is 4.98 Å². The van der Waals surface area contributed by atoms with Crippen LogP contribution >= 0.6 is 0 Å². The first-order valence-corrected chi connectivity index (χ1v) is 6.06. The molecule has 0 saturated heterocycles. The predicted molar refractivity (Wildman–Crippen MR) is 67.8 cm³/mol. The summed E-state index contributed by atoms with van der Waals surface area (Å²) in [5.74, 6) is 1.32. The minimum Gasteiger partial charge on any atom is -0.493 e. The van der Waals surface area contributed by atoms with Crippen molar-refractivity contribution in [3.05, 3.63) is 35.8 Å². The Bertz CT molecular complexity index is 602. The third-order valence-electron chi connectivity index (χ3n) is 3.13. The van der Waals surface area contributed by atoms with Crippen LogP contribution in [0.25, 0.3) is 11.3 Å². The van der Waals surface area contributed by atoms with E-state index in [2.05, 4.69) is 16.0 Å². The summed E-state index contributed by atoms with van der Waals surface area (Å²) < 4.78 is 5.58. The molecule has 1 aliphatic heterocycles. The largest absolute Gasteiger partial charge is 0.493 e. The van der Waals surface area contributed by atoms with Gasteiger partial charge in [-0.3, -0.25) is 4.79 Å². The number of rotatable bonds is 2. The number of H-pyrrole nitrogens is 1. The topological polar surface area (TPSA) is 55.0 Å². The van der Waals surface area contributed by atoms with Crippen molar-refractivity contribution in [1.82, 2.24) is 9.97 Å². The summed E-state index contributed by atoms with van der Waals surface area (Å²) in [6.45, 7) is 2.30. The highest BCUT2D eigenvalue weighted by molar-refractivity contribution is 5.91. The predicted octanol–water partition coefficient (Wildman–Crippen LogP) is 2.60. The Balaban J connectivity index is 1.98. The zero-order chi connectivity index (χ0) is 12.5. The molecule has 4 nitrogen and oxygen atoms in total. The van der Waals surface area contributed by atoms with E-state index < -0.39 is 0 Å². The van der Waals surface area contributed by atoms with Crippen molar-refractivity contribution >= 4 is 5.78 Å². The molecule has 1 aromatic heterocycles. The SMILES string of the molecule is CC(=O)c1ncc(-c2ccc3c(c2)CCCO3)[nH]1. The maximum Gasteiger partial charge on any atom is 0.194 e. The lowest BCUT2D eigenvalue weighted by molar-refractivity contribution is 0.100. The molecular formula is C14H14N2O2. The van der Waals surface area contributed by atoms with Crippen molar-refractivity contribution in [1.29, 1.82) is 0 Å². The molecule has 0 saturated carbocycles. The van der Waals surface area contributed by atoms with E-state index in [0.717, 1.165) is 36.5 Å². The summed E-state index contributed by atoms with van der Waals surface area (Å²) in [6.07, 6.45) is 3.79. The number of benzene rings is 1. The number of imidazole rings is 1. The number of ketones is 1. The van der Waals surface area contributed by atoms with Crippen molar-refractivity contribution in [3.63, 3.8) is 0 Å². The maximum absolute atomic E-state index is 11.2. The average Bonchev–Trinajstić information content (AvgIpc) is 2.88. The van der Waals surface area contributed by atoms with E-state index in [9.17, 15) is 4.79 Å². The molecule has 0 unspecified atom stereocenters. The number of nitrogens with one attached hydrogen (secondary N) is 1. The summed E-state index contributed by atoms with van der Waals surface area (Å²) in [6, 6.07) is 6.08. The van der Waals surface area contributed by atoms with Gasteiger partial charge in [-0.15, -0.1) is 0 Å². The lowest BCUT2D eigenvalue weighted by Crippen LogP contribution is -2.08. The third-order valence-corrected chi connectivity index (χ3v) is 3.13. The van der Waals surface area contributed by atoms with Gasteiger partial charge in [-0.2, -0.15) is 0 Å². The molecule has 1 aliphatic rings. The standard InChI is InChI=1S/C14H14N2O2/c1-9(17)14-15-8-12(16-14)10-4-5-13-11(7-10)3-2-6-18-13/h4-5,7-8H,2-3,6H2,1H3,(H,15,16). The van der Waals surface area contributed by atoms with Gasteiger partial charge in [0.15, 0.2) is 11.6 Å². The van der Waals surface area contributed by atoms with Gasteiger partial charge in [0.1, 0.15) is 5.75 Å². The summed E-state index contributed by atoms with van der Waals surface area (Å²) in [4.78, 5) is 18.3. The molecule has 4 heteroatoms. The molecule has 0 amide bonds. The number of aromatic nitrogens is 2. The third kappa shape index (κ3) is 1.90. The number of hydrogen-bond donors (Lipinski definition) is 1. The molecule has 18 heavy (non-hydrogen) atoms. The first kappa shape index (κ1) is 11.0. The van der Waals surface area contributed by atoms with Crippen LogP contribution in [-0.2, 0) is 6.42 Å². The van der Waals surface area contributed by atoms with Gasteiger partial charge >= 0.3 is 0 Å². The van der Waals surface area contributed by atoms with Gasteiger partial charge in [-0.1, -0.05) is 0 Å². The van der Waals surface area contributed by atoms with Crippen LogP contribution in [0.3, 0.4) is 0 Å². The quantitative estimate of drug-likeness (QED) is 0.823. The summed E-state index contributed by atoms with van der Waals surface area (Å²) in [5, 5.41) is 0. The van der Waals surface area contributed by atoms with E-state index in [1.54, 1.807) is 6.20 Å². The number of aryl methyl sites for hydroxylation is 1. The second-order valence-corrected chi connectivity index (χ2v) is 4.48. The van der Waals surface area contributed by atoms with Gasteiger partial charge in [0.25, 0.3) is 0 Å². The van der Waals surface area contributed by atoms with Gasteiger partial charge in [0, 0.05) is 12.5 Å². The zero-order valence-corrected chi connectivity index (χ0v) is 10.2. The fourth-order valence-corrected chi connectivity index (χ4v) is 2.17. The van der Waals surface area contributed by atoms with E-state index in [0.29, 0.717) is 5.82 Å². The molecule has 0 radical (unpaired) electrons. The molecule has 92 valence electrons. The first-order valence-electron chi connectivity index (χ1n) is 6.06. The lowest BCUT2D eigenvalue weighted by atomic mass is 10.0. The Hall–Kier alpha value is -2.10. The van der Waals surface area contributed by atoms with E-state index >= 15 is 0 Å². The normalized spacial score (nSPS) is 13.8. The molecule has 0 bridgehead atoms. The van der Waals surface area contributed by atoms with Crippen LogP contribution in [0.15, 0.2) is 24.4 Å². The number of nitrogens with zero attached hydrogens (tertiary/aromatic N) is 1. The Morgan fingerprint density at radius 1 is 1.44 bits per heavy atom. The summed E-state index contributed by atoms with van der Waals surface area (Å²) in [7, 11) is 0. The monoisotopic (exact) mass is 242 g/mol. The highest BCUT2D eigenvalue weighted by atomic mass is 16.5. The number of Topliss-reactive ketones (excluding diaryl/α,β-unsaturated/α-hetero) is 1. The van der Waals surface area contributed by atoms with Crippen molar-refractivity contribution in [2.75, 3.05) is 6.61 Å². The van der Waals surface area contributed by atoms with Crippen molar-refractivity contribution < 1.29 is 9.53 Å². The Labute approximate surface area is 105 Å². The summed E-state index contributed by atoms with van der Waals surface area (Å²) in [5.41, 5.74) is 3.13. The average molecular weight is 242 g/mol. The van der Waals surface area contributed by atoms with E-state index in [-0.39, 0.29) is 5.78 Å². The van der Waals surface area contributed by atoms with Crippen LogP contribution in [0.4, 0.5) is 0 Å². The van der Waals surface area contributed by atoms with Gasteiger partial charge in [0.2, 0.25) is 0 Å². The van der Waals surface area contributed by atoms with E-state index in [1.165, 1.54) is 12.5 Å². The number of fused-ring (bicyclic) bond motifs is 1. The fourth-order valence-electron chi connectivity index (χ4n) is 2.17. The maximum atomic E-state index is 11.2. The van der Waals surface area contributed by atoms with Crippen molar-refractivity contribution in [3.8, 4) is 17.0 Å². The van der Waals surface area contributed by atoms with Crippen molar-refractivity contribution in [2.45, 2.75) is 19.8 Å². The molecule has 1 aromatic carbocycles. The molecule has 2 heterocycles. The molecule has 0 fully saturated rings. The van der Waals surface area contributed by atoms with Crippen molar-refractivity contribution in [2.24, 2.45) is 0 Å². The molecule has 1 N–H and O–H groups in total. The van der Waals surface area contributed by atoms with Crippen LogP contribution in [0.2, 0.25) is 0 Å². The highest BCUT2D eigenvalue weighted by Gasteiger charge is 2.12. The number of hydrogen-bond acceptors (Lipinski definition) is 3. The van der Waals surface area contributed by atoms with Crippen LogP contribution in [-0.4, -0.2) is 22.4 Å². The number of ether oxygens (including phenoxy) is 1. The lowest BCUT2D eigenvalue weighted by Gasteiger charge is -2.17. The molecule has 2 aromatic rings. The first-order chi connectivity index (χ1) is 8.74. The Kier molecular flexibility index (Phi) is 2.63. The molecule has 0 spiro atoms. The van der Waals surface area contributed by atoms with Gasteiger partial charge in [-0.05, 0) is 36.6 Å². The molecule has 0 atom stereocenters. The van der Waals surface area contributed by atoms with Crippen LogP contribution in [0, 0.1) is 0 Å². The van der Waals surface area contributed by atoms with Crippen LogP contribution < -0.4 is 4.74 Å². The van der Waals surface area contributed by atoms with E-state index in [1.807, 2.05) is 12.1 Å². The molecule has 3 rings (SSSR count). The van der Waals surface area contributed by atoms with Crippen LogP contribution in [0.5, 0.6) is 5.75 Å². The minimum atomic E-state index is -0.0532. The second-order valence-electron chi connectivity index (χ2n) is 4.48. The Morgan fingerprint density at radius 2 is 2.33 bits per heavy atom. The smallest absolute Gasteiger partial charge is 0.194 e. The van der Waals surface area contributed by atoms with Gasteiger partial charge < -0.3 is 9.72 Å². The Morgan fingerprint density at radius 3 is 3.11 bits per heavy atom. The van der Waals surface area contributed by atoms with Crippen LogP contribution in [0.1, 0.15) is 29.5 Å². The second kappa shape index (κ2) is 4.29. The van der Waals surface area contributed by atoms with Gasteiger partial charge in [0.05, 0.1) is 18.5 Å². The number of carbonyl (C=O) groups excluding carboxylic acids is 1. The minimum absolute atomic E-state index is 0.0532. The highest BCUT2D eigenvalue weighted by Crippen LogP contribution is 2.29.